The molecule has 3 rings (SSSR count). The van der Waals surface area contributed by atoms with Crippen LogP contribution in [0.15, 0.2) is 42.5 Å². The lowest BCUT2D eigenvalue weighted by Gasteiger charge is -2.14. The van der Waals surface area contributed by atoms with Crippen molar-refractivity contribution in [2.75, 3.05) is 12.3 Å². The molecule has 0 amide bonds. The van der Waals surface area contributed by atoms with E-state index in [1.54, 1.807) is 0 Å². The van der Waals surface area contributed by atoms with E-state index in [0.29, 0.717) is 12.3 Å². The minimum atomic E-state index is 0.0670. The predicted octanol–water partition coefficient (Wildman–Crippen LogP) is 2.96. The second-order valence-corrected chi connectivity index (χ2v) is 4.90. The van der Waals surface area contributed by atoms with Gasteiger partial charge < -0.3 is 15.2 Å². The van der Waals surface area contributed by atoms with Crippen LogP contribution in [-0.2, 0) is 6.42 Å². The third-order valence-electron chi connectivity index (χ3n) is 3.31. The molecule has 19 heavy (non-hydrogen) atoms. The van der Waals surface area contributed by atoms with Gasteiger partial charge in [0.2, 0.25) is 0 Å². The zero-order chi connectivity index (χ0) is 13.2. The Morgan fingerprint density at radius 3 is 2.95 bits per heavy atom. The zero-order valence-electron chi connectivity index (χ0n) is 10.9. The summed E-state index contributed by atoms with van der Waals surface area (Å²) in [5.74, 6) is 1.70. The van der Waals surface area contributed by atoms with E-state index in [2.05, 4.69) is 6.07 Å². The molecule has 0 fully saturated rings. The molecule has 1 heterocycles. The van der Waals surface area contributed by atoms with E-state index in [-0.39, 0.29) is 6.10 Å². The summed E-state index contributed by atoms with van der Waals surface area (Å²) in [4.78, 5) is 0. The third kappa shape index (κ3) is 2.50. The Hall–Kier alpha value is -2.16. The number of rotatable bonds is 3. The highest BCUT2D eigenvalue weighted by atomic mass is 16.5. The number of ether oxygens (including phenoxy) is 2. The predicted molar refractivity (Wildman–Crippen MR) is 75.6 cm³/mol. The Kier molecular flexibility index (Phi) is 3.03. The fourth-order valence-electron chi connectivity index (χ4n) is 2.30. The molecule has 0 saturated carbocycles. The Morgan fingerprint density at radius 2 is 2.11 bits per heavy atom. The number of nitrogens with two attached hydrogens (primary N) is 1. The fourth-order valence-corrected chi connectivity index (χ4v) is 2.30. The molecule has 0 aliphatic carbocycles. The minimum absolute atomic E-state index is 0.0670. The van der Waals surface area contributed by atoms with Gasteiger partial charge in [0, 0.05) is 6.42 Å². The second-order valence-electron chi connectivity index (χ2n) is 4.90. The minimum Gasteiger partial charge on any atom is -0.488 e. The molecule has 3 nitrogen and oxygen atoms in total. The molecule has 3 heteroatoms. The number of aryl methyl sites for hydroxylation is 1. The van der Waals surface area contributed by atoms with Crippen molar-refractivity contribution >= 4 is 5.69 Å². The first-order chi connectivity index (χ1) is 9.22. The van der Waals surface area contributed by atoms with Crippen LogP contribution in [0.25, 0.3) is 0 Å². The van der Waals surface area contributed by atoms with Gasteiger partial charge >= 0.3 is 0 Å². The van der Waals surface area contributed by atoms with Crippen LogP contribution in [-0.4, -0.2) is 12.7 Å². The molecule has 0 spiro atoms. The van der Waals surface area contributed by atoms with E-state index in [0.717, 1.165) is 23.5 Å². The molecule has 1 atom stereocenters. The normalized spacial score (nSPS) is 16.8. The number of hydrogen-bond donors (Lipinski definition) is 1. The van der Waals surface area contributed by atoms with E-state index in [1.165, 1.54) is 5.56 Å². The van der Waals surface area contributed by atoms with Crippen molar-refractivity contribution in [2.24, 2.45) is 0 Å². The average Bonchev–Trinajstić information content (AvgIpc) is 2.82. The maximum Gasteiger partial charge on any atom is 0.142 e. The van der Waals surface area contributed by atoms with Crippen molar-refractivity contribution in [2.45, 2.75) is 19.4 Å². The lowest BCUT2D eigenvalue weighted by molar-refractivity contribution is 0.149. The van der Waals surface area contributed by atoms with Gasteiger partial charge in [-0.3, -0.25) is 0 Å². The molecule has 0 radical (unpaired) electrons. The van der Waals surface area contributed by atoms with Gasteiger partial charge in [0.15, 0.2) is 0 Å². The van der Waals surface area contributed by atoms with Crippen LogP contribution in [0.1, 0.15) is 11.1 Å². The smallest absolute Gasteiger partial charge is 0.142 e. The first kappa shape index (κ1) is 11.9. The summed E-state index contributed by atoms with van der Waals surface area (Å²) in [5.41, 5.74) is 8.94. The standard InChI is InChI=1S/C16H17NO2/c1-11-6-7-14(17)16(8-11)18-10-13-9-12-4-2-3-5-15(12)19-13/h2-8,13H,9-10,17H2,1H3. The summed E-state index contributed by atoms with van der Waals surface area (Å²) in [6.45, 7) is 2.54. The van der Waals surface area contributed by atoms with E-state index in [9.17, 15) is 0 Å². The summed E-state index contributed by atoms with van der Waals surface area (Å²) in [6.07, 6.45) is 0.958. The topological polar surface area (TPSA) is 44.5 Å². The lowest BCUT2D eigenvalue weighted by Crippen LogP contribution is -2.22. The maximum atomic E-state index is 5.89. The molecule has 1 unspecified atom stereocenters. The molecule has 98 valence electrons. The van der Waals surface area contributed by atoms with Crippen LogP contribution in [0.5, 0.6) is 11.5 Å². The zero-order valence-corrected chi connectivity index (χ0v) is 10.9. The van der Waals surface area contributed by atoms with Crippen LogP contribution in [0.2, 0.25) is 0 Å². The largest absolute Gasteiger partial charge is 0.488 e. The molecule has 2 aromatic rings. The molecular weight excluding hydrogens is 238 g/mol. The van der Waals surface area contributed by atoms with Crippen molar-refractivity contribution in [3.63, 3.8) is 0 Å². The number of benzene rings is 2. The molecule has 0 aromatic heterocycles. The first-order valence-electron chi connectivity index (χ1n) is 6.46. The van der Waals surface area contributed by atoms with Crippen molar-refractivity contribution in [1.29, 1.82) is 0 Å². The van der Waals surface area contributed by atoms with Crippen LogP contribution >= 0.6 is 0 Å². The van der Waals surface area contributed by atoms with Crippen LogP contribution < -0.4 is 15.2 Å². The Balaban J connectivity index is 1.64. The first-order valence-corrected chi connectivity index (χ1v) is 6.46. The van der Waals surface area contributed by atoms with Crippen molar-refractivity contribution in [1.82, 2.24) is 0 Å². The molecular formula is C16H17NO2. The Morgan fingerprint density at radius 1 is 1.26 bits per heavy atom. The van der Waals surface area contributed by atoms with Crippen molar-refractivity contribution in [3.05, 3.63) is 53.6 Å². The Labute approximate surface area is 113 Å². The number of anilines is 1. The van der Waals surface area contributed by atoms with Gasteiger partial charge in [0.1, 0.15) is 24.2 Å². The van der Waals surface area contributed by atoms with Gasteiger partial charge in [-0.05, 0) is 36.2 Å². The average molecular weight is 255 g/mol. The summed E-state index contributed by atoms with van der Waals surface area (Å²) < 4.78 is 11.6. The van der Waals surface area contributed by atoms with Crippen molar-refractivity contribution < 1.29 is 9.47 Å². The highest BCUT2D eigenvalue weighted by molar-refractivity contribution is 5.53. The van der Waals surface area contributed by atoms with E-state index in [1.807, 2.05) is 43.3 Å². The summed E-state index contributed by atoms with van der Waals surface area (Å²) in [5, 5.41) is 0. The molecule has 1 aliphatic rings. The number of nitrogen functional groups attached to an aromatic ring is 1. The van der Waals surface area contributed by atoms with Gasteiger partial charge in [-0.1, -0.05) is 24.3 Å². The number of para-hydroxylation sites is 1. The summed E-state index contributed by atoms with van der Waals surface area (Å²) >= 11 is 0. The number of fused-ring (bicyclic) bond motifs is 1. The fraction of sp³-hybridized carbons (Fsp3) is 0.250. The molecule has 0 bridgehead atoms. The van der Waals surface area contributed by atoms with Crippen LogP contribution in [0.3, 0.4) is 0 Å². The molecule has 2 aromatic carbocycles. The van der Waals surface area contributed by atoms with E-state index in [4.69, 9.17) is 15.2 Å². The quantitative estimate of drug-likeness (QED) is 0.858. The second kappa shape index (κ2) is 4.84. The van der Waals surface area contributed by atoms with Gasteiger partial charge in [-0.15, -0.1) is 0 Å². The summed E-state index contributed by atoms with van der Waals surface area (Å²) in [6, 6.07) is 13.9. The highest BCUT2D eigenvalue weighted by Gasteiger charge is 2.22. The van der Waals surface area contributed by atoms with Gasteiger partial charge in [0.25, 0.3) is 0 Å². The lowest BCUT2D eigenvalue weighted by atomic mass is 10.1. The van der Waals surface area contributed by atoms with Gasteiger partial charge in [0.05, 0.1) is 5.69 Å². The number of hydrogen-bond acceptors (Lipinski definition) is 3. The highest BCUT2D eigenvalue weighted by Crippen LogP contribution is 2.29. The summed E-state index contributed by atoms with van der Waals surface area (Å²) in [7, 11) is 0. The van der Waals surface area contributed by atoms with Crippen molar-refractivity contribution in [3.8, 4) is 11.5 Å². The molecule has 0 saturated heterocycles. The van der Waals surface area contributed by atoms with Gasteiger partial charge in [-0.2, -0.15) is 0 Å². The van der Waals surface area contributed by atoms with E-state index >= 15 is 0 Å². The SMILES string of the molecule is Cc1ccc(N)c(OCC2Cc3ccccc3O2)c1. The monoisotopic (exact) mass is 255 g/mol. The molecule has 1 aliphatic heterocycles. The third-order valence-corrected chi connectivity index (χ3v) is 3.31. The molecule has 2 N–H and O–H groups in total. The van der Waals surface area contributed by atoms with Gasteiger partial charge in [-0.25, -0.2) is 0 Å². The maximum absolute atomic E-state index is 5.89. The van der Waals surface area contributed by atoms with E-state index < -0.39 is 0 Å². The van der Waals surface area contributed by atoms with Crippen LogP contribution in [0.4, 0.5) is 5.69 Å². The Bertz CT molecular complexity index is 570. The van der Waals surface area contributed by atoms with Crippen LogP contribution in [0, 0.1) is 6.92 Å².